The molecule has 1 saturated heterocycles. The van der Waals surface area contributed by atoms with Gasteiger partial charge in [-0.25, -0.2) is 0 Å². The van der Waals surface area contributed by atoms with Gasteiger partial charge < -0.3 is 15.1 Å². The Balaban J connectivity index is 1.48. The van der Waals surface area contributed by atoms with Crippen LogP contribution in [0.2, 0.25) is 0 Å². The second-order valence-electron chi connectivity index (χ2n) is 6.85. The highest BCUT2D eigenvalue weighted by atomic mass is 16.3. The van der Waals surface area contributed by atoms with Gasteiger partial charge in [0.1, 0.15) is 5.58 Å². The Morgan fingerprint density at radius 3 is 2.62 bits per heavy atom. The monoisotopic (exact) mass is 354 g/mol. The fourth-order valence-electron chi connectivity index (χ4n) is 3.47. The van der Waals surface area contributed by atoms with E-state index in [9.17, 15) is 4.79 Å². The lowest BCUT2D eigenvalue weighted by molar-refractivity contribution is 0.0976. The van der Waals surface area contributed by atoms with Gasteiger partial charge in [0.15, 0.2) is 5.76 Å². The maximum absolute atomic E-state index is 11.3. The third-order valence-corrected chi connectivity index (χ3v) is 4.99. The number of anilines is 1. The Bertz CT molecular complexity index is 785. The maximum Gasteiger partial charge on any atom is 0.284 e. The number of unbranched alkanes of at least 4 members (excludes halogenated alkanes) is 4. The molecule has 0 atom stereocenters. The standard InChI is InChI=1S/C20H26N4O2/c21-8-4-2-1-3-5-9-23-10-12-24(13-11-23)17-6-7-18-16(14-17)15-19(26-18)20(22)25/h6-7,14-15H,1-5,9-13H2,(H2,22,25). The molecule has 1 aliphatic heterocycles. The number of nitrogens with two attached hydrogens (primary N) is 1. The largest absolute Gasteiger partial charge is 0.451 e. The third-order valence-electron chi connectivity index (χ3n) is 4.99. The fraction of sp³-hybridized carbons (Fsp3) is 0.500. The number of fused-ring (bicyclic) bond motifs is 1. The summed E-state index contributed by atoms with van der Waals surface area (Å²) in [5.74, 6) is -0.333. The van der Waals surface area contributed by atoms with Crippen LogP contribution in [0.4, 0.5) is 5.69 Å². The van der Waals surface area contributed by atoms with Gasteiger partial charge in [0.05, 0.1) is 6.07 Å². The van der Waals surface area contributed by atoms with Crippen LogP contribution in [0.5, 0.6) is 0 Å². The number of nitriles is 1. The van der Waals surface area contributed by atoms with Crippen molar-refractivity contribution >= 4 is 22.6 Å². The number of piperazine rings is 1. The first-order valence-electron chi connectivity index (χ1n) is 9.35. The number of benzene rings is 1. The van der Waals surface area contributed by atoms with Crippen molar-refractivity contribution in [2.24, 2.45) is 5.73 Å². The van der Waals surface area contributed by atoms with Crippen LogP contribution in [0.3, 0.4) is 0 Å². The van der Waals surface area contributed by atoms with E-state index in [0.717, 1.165) is 56.6 Å². The molecule has 26 heavy (non-hydrogen) atoms. The molecular formula is C20H26N4O2. The molecule has 138 valence electrons. The number of rotatable bonds is 8. The summed E-state index contributed by atoms with van der Waals surface area (Å²) in [4.78, 5) is 16.1. The third kappa shape index (κ3) is 4.55. The number of hydrogen-bond acceptors (Lipinski definition) is 5. The van der Waals surface area contributed by atoms with Crippen molar-refractivity contribution in [2.75, 3.05) is 37.6 Å². The first-order chi connectivity index (χ1) is 12.7. The molecule has 2 aromatic rings. The highest BCUT2D eigenvalue weighted by Crippen LogP contribution is 2.26. The minimum Gasteiger partial charge on any atom is -0.451 e. The fourth-order valence-corrected chi connectivity index (χ4v) is 3.47. The summed E-state index contributed by atoms with van der Waals surface area (Å²) in [6, 6.07) is 9.93. The molecule has 1 aromatic heterocycles. The van der Waals surface area contributed by atoms with Crippen LogP contribution in [0, 0.1) is 11.3 Å². The molecule has 6 nitrogen and oxygen atoms in total. The number of amides is 1. The molecule has 0 spiro atoms. The second-order valence-corrected chi connectivity index (χ2v) is 6.85. The van der Waals surface area contributed by atoms with Gasteiger partial charge in [-0.05, 0) is 43.7 Å². The molecule has 1 amide bonds. The Morgan fingerprint density at radius 2 is 1.88 bits per heavy atom. The molecule has 0 unspecified atom stereocenters. The maximum atomic E-state index is 11.3. The van der Waals surface area contributed by atoms with Crippen molar-refractivity contribution in [3.8, 4) is 6.07 Å². The van der Waals surface area contributed by atoms with Gasteiger partial charge in [-0.3, -0.25) is 9.69 Å². The van der Waals surface area contributed by atoms with E-state index in [-0.39, 0.29) is 5.76 Å². The number of hydrogen-bond donors (Lipinski definition) is 1. The van der Waals surface area contributed by atoms with Crippen molar-refractivity contribution in [3.63, 3.8) is 0 Å². The van der Waals surface area contributed by atoms with E-state index in [4.69, 9.17) is 15.4 Å². The van der Waals surface area contributed by atoms with Crippen LogP contribution < -0.4 is 10.6 Å². The van der Waals surface area contributed by atoms with Crippen molar-refractivity contribution in [3.05, 3.63) is 30.0 Å². The van der Waals surface area contributed by atoms with E-state index in [0.29, 0.717) is 12.0 Å². The smallest absolute Gasteiger partial charge is 0.284 e. The normalized spacial score (nSPS) is 15.3. The lowest BCUT2D eigenvalue weighted by atomic mass is 10.1. The molecule has 1 fully saturated rings. The summed E-state index contributed by atoms with van der Waals surface area (Å²) in [5, 5.41) is 9.45. The molecule has 1 aromatic carbocycles. The van der Waals surface area contributed by atoms with E-state index in [2.05, 4.69) is 21.9 Å². The molecule has 6 heteroatoms. The molecule has 0 radical (unpaired) electrons. The number of furan rings is 1. The average molecular weight is 354 g/mol. The predicted octanol–water partition coefficient (Wildman–Crippen LogP) is 3.13. The lowest BCUT2D eigenvalue weighted by Gasteiger charge is -2.36. The average Bonchev–Trinajstić information content (AvgIpc) is 3.09. The number of carbonyl (C=O) groups excluding carboxylic acids is 1. The Morgan fingerprint density at radius 1 is 1.12 bits per heavy atom. The highest BCUT2D eigenvalue weighted by molar-refractivity contribution is 5.95. The zero-order valence-electron chi connectivity index (χ0n) is 15.1. The lowest BCUT2D eigenvalue weighted by Crippen LogP contribution is -2.46. The number of primary amides is 1. The summed E-state index contributed by atoms with van der Waals surface area (Å²) >= 11 is 0. The van der Waals surface area contributed by atoms with Crippen molar-refractivity contribution < 1.29 is 9.21 Å². The summed E-state index contributed by atoms with van der Waals surface area (Å²) in [7, 11) is 0. The van der Waals surface area contributed by atoms with Crippen LogP contribution in [0.1, 0.15) is 42.7 Å². The quantitative estimate of drug-likeness (QED) is 0.736. The van der Waals surface area contributed by atoms with Gasteiger partial charge in [0, 0.05) is 43.7 Å². The molecule has 2 heterocycles. The predicted molar refractivity (Wildman–Crippen MR) is 102 cm³/mol. The van der Waals surface area contributed by atoms with Crippen LogP contribution in [0.15, 0.2) is 28.7 Å². The molecule has 1 aliphatic rings. The van der Waals surface area contributed by atoms with Gasteiger partial charge in [0.2, 0.25) is 0 Å². The molecular weight excluding hydrogens is 328 g/mol. The van der Waals surface area contributed by atoms with Gasteiger partial charge in [-0.1, -0.05) is 12.8 Å². The first-order valence-corrected chi connectivity index (χ1v) is 9.35. The summed E-state index contributed by atoms with van der Waals surface area (Å²) in [6.45, 7) is 5.27. The van der Waals surface area contributed by atoms with Gasteiger partial charge in [-0.2, -0.15) is 5.26 Å². The zero-order valence-corrected chi connectivity index (χ0v) is 15.1. The molecule has 2 N–H and O–H groups in total. The SMILES string of the molecule is N#CCCCCCCN1CCN(c2ccc3oc(C(N)=O)cc3c2)CC1. The van der Waals surface area contributed by atoms with Crippen LogP contribution in [0.25, 0.3) is 11.0 Å². The van der Waals surface area contributed by atoms with Gasteiger partial charge in [0.25, 0.3) is 5.91 Å². The Hall–Kier alpha value is -2.52. The van der Waals surface area contributed by atoms with Gasteiger partial charge in [-0.15, -0.1) is 0 Å². The van der Waals surface area contributed by atoms with Gasteiger partial charge >= 0.3 is 0 Å². The van der Waals surface area contributed by atoms with E-state index in [1.165, 1.54) is 12.8 Å². The van der Waals surface area contributed by atoms with E-state index >= 15 is 0 Å². The first kappa shape index (κ1) is 18.3. The summed E-state index contributed by atoms with van der Waals surface area (Å²) in [5.41, 5.74) is 7.13. The number of carbonyl (C=O) groups is 1. The molecule has 0 bridgehead atoms. The zero-order chi connectivity index (χ0) is 18.4. The van der Waals surface area contributed by atoms with Crippen LogP contribution in [-0.2, 0) is 0 Å². The second kappa shape index (κ2) is 8.72. The molecule has 3 rings (SSSR count). The Kier molecular flexibility index (Phi) is 6.13. The van der Waals surface area contributed by atoms with E-state index in [1.54, 1.807) is 6.07 Å². The summed E-state index contributed by atoms with van der Waals surface area (Å²) < 4.78 is 5.45. The van der Waals surface area contributed by atoms with E-state index < -0.39 is 5.91 Å². The van der Waals surface area contributed by atoms with Crippen molar-refractivity contribution in [2.45, 2.75) is 32.1 Å². The molecule has 0 saturated carbocycles. The topological polar surface area (TPSA) is 86.5 Å². The van der Waals surface area contributed by atoms with E-state index in [1.807, 2.05) is 12.1 Å². The minimum atomic E-state index is -0.538. The highest BCUT2D eigenvalue weighted by Gasteiger charge is 2.18. The van der Waals surface area contributed by atoms with Crippen LogP contribution in [-0.4, -0.2) is 43.5 Å². The minimum absolute atomic E-state index is 0.205. The van der Waals surface area contributed by atoms with Crippen molar-refractivity contribution in [1.29, 1.82) is 5.26 Å². The molecule has 0 aliphatic carbocycles. The van der Waals surface area contributed by atoms with Crippen LogP contribution >= 0.6 is 0 Å². The summed E-state index contributed by atoms with van der Waals surface area (Å²) in [6.07, 6.45) is 5.29. The Labute approximate surface area is 154 Å². The van der Waals surface area contributed by atoms with Crippen molar-refractivity contribution in [1.82, 2.24) is 4.90 Å². The number of nitrogens with zero attached hydrogens (tertiary/aromatic N) is 3.